The number of carbonyl (C=O) groups excluding carboxylic acids is 5. The van der Waals surface area contributed by atoms with Crippen LogP contribution in [0, 0.1) is 11.8 Å². The molecular weight excluding hydrogens is 634 g/mol. The van der Waals surface area contributed by atoms with Gasteiger partial charge >= 0.3 is 0 Å². The highest BCUT2D eigenvalue weighted by atomic mass is 16.2. The van der Waals surface area contributed by atoms with Crippen LogP contribution in [-0.4, -0.2) is 80.5 Å². The molecule has 5 amide bonds. The van der Waals surface area contributed by atoms with Crippen molar-refractivity contribution < 1.29 is 24.0 Å². The van der Waals surface area contributed by atoms with E-state index in [-0.39, 0.29) is 47.4 Å². The summed E-state index contributed by atoms with van der Waals surface area (Å²) in [4.78, 5) is 75.4. The number of nitrogens with one attached hydrogen (secondary N) is 4. The second-order valence-electron chi connectivity index (χ2n) is 14.2. The lowest BCUT2D eigenvalue weighted by atomic mass is 10.0. The molecule has 3 heterocycles. The lowest BCUT2D eigenvalue weighted by Gasteiger charge is -2.27. The van der Waals surface area contributed by atoms with Crippen LogP contribution in [-0.2, 0) is 24.0 Å². The summed E-state index contributed by atoms with van der Waals surface area (Å²) in [5, 5.41) is 8.65. The van der Waals surface area contributed by atoms with E-state index in [9.17, 15) is 24.0 Å². The van der Waals surface area contributed by atoms with E-state index < -0.39 is 18.1 Å². The van der Waals surface area contributed by atoms with Gasteiger partial charge in [-0.05, 0) is 94.0 Å². The molecule has 12 nitrogen and oxygen atoms in total. The predicted molar refractivity (Wildman–Crippen MR) is 187 cm³/mol. The zero-order valence-corrected chi connectivity index (χ0v) is 28.6. The van der Waals surface area contributed by atoms with Crippen LogP contribution in [0.2, 0.25) is 0 Å². The molecule has 2 aliphatic heterocycles. The van der Waals surface area contributed by atoms with Crippen molar-refractivity contribution in [1.29, 1.82) is 0 Å². The first-order valence-electron chi connectivity index (χ1n) is 17.9. The third-order valence-corrected chi connectivity index (χ3v) is 10.3. The third-order valence-electron chi connectivity index (χ3n) is 10.3. The Bertz CT molecular complexity index is 1760. The number of nitrogens with zero attached hydrogens (tertiary/aromatic N) is 3. The molecule has 2 aromatic carbocycles. The van der Waals surface area contributed by atoms with Crippen LogP contribution in [0.15, 0.2) is 54.7 Å². The van der Waals surface area contributed by atoms with Gasteiger partial charge in [0.05, 0.1) is 17.9 Å². The Kier molecular flexibility index (Phi) is 9.44. The molecule has 1 aromatic heterocycles. The van der Waals surface area contributed by atoms with Gasteiger partial charge in [0.25, 0.3) is 0 Å². The molecule has 0 spiro atoms. The average Bonchev–Trinajstić information content (AvgIpc) is 4.00. The summed E-state index contributed by atoms with van der Waals surface area (Å²) in [5.41, 5.74) is 4.47. The largest absolute Gasteiger partial charge is 0.344 e. The molecular formula is C38H45N7O5. The van der Waals surface area contributed by atoms with Crippen LogP contribution >= 0.6 is 0 Å². The normalized spacial score (nSPS) is 21.4. The minimum absolute atomic E-state index is 0.0182. The fraction of sp³-hybridized carbons (Fsp3) is 0.474. The quantitative estimate of drug-likeness (QED) is 0.239. The molecule has 2 aliphatic carbocycles. The van der Waals surface area contributed by atoms with E-state index in [2.05, 4.69) is 25.9 Å². The number of aromatic amines is 1. The highest BCUT2D eigenvalue weighted by Gasteiger charge is 2.39. The standard InChI is InChI=1S/C38H45N7O5/c1-22(40-34(46)27-11-12-27)37(49)44-19-3-5-31(44)33-39-21-30(43-33)26-9-7-24(8-10-26)25-15-17-29(18-16-25)42-36(48)32-6-4-20-45(32)38(50)23(2)41-35(47)28-13-14-28/h7-10,15-18,21-23,27-28,31-32H,3-6,11-14,19-20H2,1-2H3,(H,39,43)(H,40,46)(H,41,47)(H,42,48)/t22-,23-,31+,32+/m1/s1. The molecule has 7 rings (SSSR count). The van der Waals surface area contributed by atoms with E-state index in [1.807, 2.05) is 53.4 Å². The van der Waals surface area contributed by atoms with E-state index in [0.717, 1.165) is 73.2 Å². The lowest BCUT2D eigenvalue weighted by molar-refractivity contribution is -0.139. The van der Waals surface area contributed by atoms with Crippen LogP contribution in [0.4, 0.5) is 5.69 Å². The Morgan fingerprint density at radius 1 is 0.680 bits per heavy atom. The number of likely N-dealkylation sites (tertiary alicyclic amines) is 2. The Morgan fingerprint density at radius 3 is 1.80 bits per heavy atom. The monoisotopic (exact) mass is 679 g/mol. The number of aromatic nitrogens is 2. The van der Waals surface area contributed by atoms with Gasteiger partial charge in [-0.15, -0.1) is 0 Å². The Labute approximate surface area is 291 Å². The molecule has 2 saturated carbocycles. The topological polar surface area (TPSA) is 157 Å². The van der Waals surface area contributed by atoms with Crippen LogP contribution in [0.25, 0.3) is 22.4 Å². The molecule has 0 unspecified atom stereocenters. The van der Waals surface area contributed by atoms with Gasteiger partial charge in [-0.2, -0.15) is 0 Å². The summed E-state index contributed by atoms with van der Waals surface area (Å²) >= 11 is 0. The van der Waals surface area contributed by atoms with Gasteiger partial charge in [0, 0.05) is 30.6 Å². The first kappa shape index (κ1) is 33.5. The van der Waals surface area contributed by atoms with Gasteiger partial charge in [-0.1, -0.05) is 36.4 Å². The number of rotatable bonds is 11. The van der Waals surface area contributed by atoms with Gasteiger partial charge < -0.3 is 30.7 Å². The summed E-state index contributed by atoms with van der Waals surface area (Å²) in [5.74, 6) is 0.172. The van der Waals surface area contributed by atoms with E-state index >= 15 is 0 Å². The minimum atomic E-state index is -0.660. The van der Waals surface area contributed by atoms with Crippen molar-refractivity contribution in [3.8, 4) is 22.4 Å². The molecule has 4 fully saturated rings. The molecule has 2 saturated heterocycles. The summed E-state index contributed by atoms with van der Waals surface area (Å²) in [7, 11) is 0. The number of hydrogen-bond acceptors (Lipinski definition) is 6. The molecule has 4 aliphatic rings. The molecule has 3 aromatic rings. The number of benzene rings is 2. The van der Waals surface area contributed by atoms with Crippen molar-refractivity contribution in [2.75, 3.05) is 18.4 Å². The minimum Gasteiger partial charge on any atom is -0.344 e. The Balaban J connectivity index is 0.941. The van der Waals surface area contributed by atoms with Crippen molar-refractivity contribution in [2.45, 2.75) is 89.4 Å². The molecule has 0 radical (unpaired) electrons. The van der Waals surface area contributed by atoms with Gasteiger partial charge in [0.1, 0.15) is 23.9 Å². The maximum absolute atomic E-state index is 13.2. The third kappa shape index (κ3) is 7.29. The maximum Gasteiger partial charge on any atom is 0.247 e. The second kappa shape index (κ2) is 14.1. The van der Waals surface area contributed by atoms with E-state index in [1.54, 1.807) is 24.9 Å². The number of hydrogen-bond donors (Lipinski definition) is 4. The second-order valence-corrected chi connectivity index (χ2v) is 14.2. The van der Waals surface area contributed by atoms with Crippen molar-refractivity contribution in [3.05, 3.63) is 60.6 Å². The molecule has 12 heteroatoms. The zero-order valence-electron chi connectivity index (χ0n) is 28.6. The molecule has 262 valence electrons. The fourth-order valence-electron chi connectivity index (χ4n) is 7.06. The van der Waals surface area contributed by atoms with Gasteiger partial charge in [-0.3, -0.25) is 24.0 Å². The smallest absolute Gasteiger partial charge is 0.247 e. The summed E-state index contributed by atoms with van der Waals surface area (Å²) in [6.45, 7) is 4.57. The summed E-state index contributed by atoms with van der Waals surface area (Å²) < 4.78 is 0. The highest BCUT2D eigenvalue weighted by Crippen LogP contribution is 2.34. The Hall–Kier alpha value is -5.00. The maximum atomic E-state index is 13.2. The number of amides is 5. The molecule has 4 atom stereocenters. The predicted octanol–water partition coefficient (Wildman–Crippen LogP) is 4.17. The van der Waals surface area contributed by atoms with E-state index in [0.29, 0.717) is 25.2 Å². The zero-order chi connectivity index (χ0) is 34.9. The average molecular weight is 680 g/mol. The molecule has 4 N–H and O–H groups in total. The van der Waals surface area contributed by atoms with Crippen molar-refractivity contribution in [3.63, 3.8) is 0 Å². The number of H-pyrrole nitrogens is 1. The van der Waals surface area contributed by atoms with Crippen molar-refractivity contribution in [2.24, 2.45) is 11.8 Å². The first-order valence-corrected chi connectivity index (χ1v) is 17.9. The Morgan fingerprint density at radius 2 is 1.20 bits per heavy atom. The van der Waals surface area contributed by atoms with E-state index in [1.165, 1.54) is 0 Å². The van der Waals surface area contributed by atoms with Crippen molar-refractivity contribution in [1.82, 2.24) is 30.4 Å². The van der Waals surface area contributed by atoms with Crippen molar-refractivity contribution >= 4 is 35.2 Å². The van der Waals surface area contributed by atoms with E-state index in [4.69, 9.17) is 0 Å². The molecule has 0 bridgehead atoms. The summed E-state index contributed by atoms with van der Waals surface area (Å²) in [6, 6.07) is 13.8. The van der Waals surface area contributed by atoms with Crippen LogP contribution in [0.5, 0.6) is 0 Å². The first-order chi connectivity index (χ1) is 24.2. The van der Waals surface area contributed by atoms with Gasteiger partial charge in [0.2, 0.25) is 29.5 Å². The summed E-state index contributed by atoms with van der Waals surface area (Å²) in [6.07, 6.45) is 8.34. The highest BCUT2D eigenvalue weighted by molar-refractivity contribution is 5.99. The lowest BCUT2D eigenvalue weighted by Crippen LogP contribution is -2.51. The van der Waals surface area contributed by atoms with Crippen LogP contribution in [0.1, 0.15) is 77.1 Å². The molecule has 50 heavy (non-hydrogen) atoms. The van der Waals surface area contributed by atoms with Crippen LogP contribution < -0.4 is 16.0 Å². The fourth-order valence-corrected chi connectivity index (χ4v) is 7.06. The van der Waals surface area contributed by atoms with Gasteiger partial charge in [-0.25, -0.2) is 4.98 Å². The number of anilines is 1. The SMILES string of the molecule is C[C@@H](NC(=O)C1CC1)C(=O)N1CCC[C@H]1C(=O)Nc1ccc(-c2ccc(-c3cnc([C@@H]4CCCN4C(=O)[C@@H](C)NC(=O)C4CC4)[nH]3)cc2)cc1. The van der Waals surface area contributed by atoms with Crippen LogP contribution in [0.3, 0.4) is 0 Å². The number of carbonyl (C=O) groups is 5. The van der Waals surface area contributed by atoms with Gasteiger partial charge in [0.15, 0.2) is 0 Å². The number of imidazole rings is 1.